The average molecular weight is 235 g/mol. The van der Waals surface area contributed by atoms with E-state index in [0.717, 1.165) is 44.8 Å². The van der Waals surface area contributed by atoms with Crippen molar-refractivity contribution in [1.29, 1.82) is 0 Å². The molecule has 0 bridgehead atoms. The molecule has 1 aliphatic heterocycles. The Hall–Kier alpha value is -1.39. The Balaban J connectivity index is 1.96. The van der Waals surface area contributed by atoms with Crippen LogP contribution in [0.2, 0.25) is 0 Å². The normalized spacial score (nSPS) is 16.9. The Kier molecular flexibility index (Phi) is 4.12. The molecule has 1 saturated heterocycles. The highest BCUT2D eigenvalue weighted by Crippen LogP contribution is 2.10. The van der Waals surface area contributed by atoms with Gasteiger partial charge in [0.1, 0.15) is 0 Å². The van der Waals surface area contributed by atoms with Gasteiger partial charge in [-0.15, -0.1) is 0 Å². The Morgan fingerprint density at radius 1 is 1.29 bits per heavy atom. The van der Waals surface area contributed by atoms with E-state index in [2.05, 4.69) is 4.90 Å². The average Bonchev–Trinajstić information content (AvgIpc) is 2.38. The maximum absolute atomic E-state index is 11.0. The van der Waals surface area contributed by atoms with E-state index in [9.17, 15) is 4.79 Å². The molecule has 0 aliphatic carbocycles. The molecule has 0 amide bonds. The zero-order valence-corrected chi connectivity index (χ0v) is 9.76. The molecule has 1 fully saturated rings. The van der Waals surface area contributed by atoms with Crippen LogP contribution in [-0.2, 0) is 11.2 Å². The van der Waals surface area contributed by atoms with Crippen LogP contribution >= 0.6 is 0 Å². The van der Waals surface area contributed by atoms with Crippen molar-refractivity contribution >= 4 is 5.97 Å². The molecule has 1 N–H and O–H groups in total. The summed E-state index contributed by atoms with van der Waals surface area (Å²) in [6.07, 6.45) is 0.780. The number of hydrogen-bond donors (Lipinski definition) is 1. The van der Waals surface area contributed by atoms with Crippen molar-refractivity contribution in [2.45, 2.75) is 6.42 Å². The van der Waals surface area contributed by atoms with Gasteiger partial charge in [-0.25, -0.2) is 4.79 Å². The smallest absolute Gasteiger partial charge is 0.335 e. The van der Waals surface area contributed by atoms with Crippen molar-refractivity contribution < 1.29 is 14.6 Å². The third-order valence-corrected chi connectivity index (χ3v) is 3.05. The first-order valence-corrected chi connectivity index (χ1v) is 5.88. The molecule has 92 valence electrons. The number of carboxylic acids is 1. The van der Waals surface area contributed by atoms with Gasteiger partial charge in [-0.1, -0.05) is 18.2 Å². The highest BCUT2D eigenvalue weighted by molar-refractivity contribution is 5.89. The van der Waals surface area contributed by atoms with E-state index in [1.165, 1.54) is 0 Å². The summed E-state index contributed by atoms with van der Waals surface area (Å²) in [5, 5.41) is 9.07. The second kappa shape index (κ2) is 5.80. The van der Waals surface area contributed by atoms with Crippen LogP contribution in [-0.4, -0.2) is 48.8 Å². The lowest BCUT2D eigenvalue weighted by Gasteiger charge is -2.26. The number of hydrogen-bond acceptors (Lipinski definition) is 3. The van der Waals surface area contributed by atoms with Gasteiger partial charge in [0.15, 0.2) is 0 Å². The van der Waals surface area contributed by atoms with E-state index in [1.54, 1.807) is 12.1 Å². The fraction of sp³-hybridized carbons (Fsp3) is 0.462. The molecule has 17 heavy (non-hydrogen) atoms. The molecular formula is C13H17NO3. The molecule has 2 rings (SSSR count). The fourth-order valence-corrected chi connectivity index (χ4v) is 2.05. The number of carbonyl (C=O) groups is 1. The zero-order valence-electron chi connectivity index (χ0n) is 9.76. The first kappa shape index (κ1) is 12.1. The van der Waals surface area contributed by atoms with Crippen LogP contribution in [0.3, 0.4) is 0 Å². The molecule has 0 spiro atoms. The van der Waals surface area contributed by atoms with E-state index >= 15 is 0 Å². The number of morpholine rings is 1. The van der Waals surface area contributed by atoms with Gasteiger partial charge in [-0.05, 0) is 18.1 Å². The molecule has 1 aromatic carbocycles. The first-order valence-electron chi connectivity index (χ1n) is 5.88. The number of aromatic carboxylic acids is 1. The number of ether oxygens (including phenoxy) is 1. The Bertz CT molecular complexity index is 386. The molecule has 1 aromatic rings. The summed E-state index contributed by atoms with van der Waals surface area (Å²) in [4.78, 5) is 13.3. The SMILES string of the molecule is O=C(O)c1ccccc1CCN1CCOCC1. The van der Waals surface area contributed by atoms with Gasteiger partial charge in [-0.3, -0.25) is 4.90 Å². The fourth-order valence-electron chi connectivity index (χ4n) is 2.05. The van der Waals surface area contributed by atoms with Crippen molar-refractivity contribution in [3.63, 3.8) is 0 Å². The van der Waals surface area contributed by atoms with Crippen molar-refractivity contribution in [3.05, 3.63) is 35.4 Å². The van der Waals surface area contributed by atoms with Gasteiger partial charge in [0, 0.05) is 19.6 Å². The highest BCUT2D eigenvalue weighted by Gasteiger charge is 2.13. The van der Waals surface area contributed by atoms with Gasteiger partial charge in [0.05, 0.1) is 18.8 Å². The number of carboxylic acid groups (broad SMARTS) is 1. The number of nitrogens with zero attached hydrogens (tertiary/aromatic N) is 1. The van der Waals surface area contributed by atoms with E-state index in [1.807, 2.05) is 12.1 Å². The summed E-state index contributed by atoms with van der Waals surface area (Å²) < 4.78 is 5.28. The summed E-state index contributed by atoms with van der Waals surface area (Å²) in [6, 6.07) is 7.21. The van der Waals surface area contributed by atoms with Crippen LogP contribution in [0.4, 0.5) is 0 Å². The molecule has 0 atom stereocenters. The van der Waals surface area contributed by atoms with Crippen molar-refractivity contribution in [2.75, 3.05) is 32.8 Å². The minimum atomic E-state index is -0.845. The zero-order chi connectivity index (χ0) is 12.1. The van der Waals surface area contributed by atoms with Gasteiger partial charge in [-0.2, -0.15) is 0 Å². The minimum absolute atomic E-state index is 0.417. The van der Waals surface area contributed by atoms with Crippen LogP contribution in [0.15, 0.2) is 24.3 Å². The highest BCUT2D eigenvalue weighted by atomic mass is 16.5. The summed E-state index contributed by atoms with van der Waals surface area (Å²) in [5.41, 5.74) is 1.33. The Morgan fingerprint density at radius 3 is 2.71 bits per heavy atom. The summed E-state index contributed by atoms with van der Waals surface area (Å²) in [5.74, 6) is -0.845. The molecular weight excluding hydrogens is 218 g/mol. The maximum atomic E-state index is 11.0. The van der Waals surface area contributed by atoms with Crippen molar-refractivity contribution in [3.8, 4) is 0 Å². The summed E-state index contributed by atoms with van der Waals surface area (Å²) in [6.45, 7) is 4.33. The first-order chi connectivity index (χ1) is 8.27. The van der Waals surface area contributed by atoms with Crippen LogP contribution in [0.1, 0.15) is 15.9 Å². The van der Waals surface area contributed by atoms with E-state index in [4.69, 9.17) is 9.84 Å². The third kappa shape index (κ3) is 3.28. The molecule has 4 heteroatoms. The molecule has 4 nitrogen and oxygen atoms in total. The van der Waals surface area contributed by atoms with Crippen LogP contribution in [0, 0.1) is 0 Å². The molecule has 0 unspecified atom stereocenters. The van der Waals surface area contributed by atoms with Crippen LogP contribution in [0.5, 0.6) is 0 Å². The molecule has 0 radical (unpaired) electrons. The Morgan fingerprint density at radius 2 is 2.00 bits per heavy atom. The molecule has 1 heterocycles. The lowest BCUT2D eigenvalue weighted by molar-refractivity contribution is 0.0383. The lowest BCUT2D eigenvalue weighted by Crippen LogP contribution is -2.37. The van der Waals surface area contributed by atoms with Gasteiger partial charge in [0.25, 0.3) is 0 Å². The monoisotopic (exact) mass is 235 g/mol. The summed E-state index contributed by atoms with van der Waals surface area (Å²) in [7, 11) is 0. The lowest BCUT2D eigenvalue weighted by atomic mass is 10.0. The van der Waals surface area contributed by atoms with Crippen LogP contribution < -0.4 is 0 Å². The second-order valence-corrected chi connectivity index (χ2v) is 4.17. The van der Waals surface area contributed by atoms with Gasteiger partial charge >= 0.3 is 5.97 Å². The van der Waals surface area contributed by atoms with E-state index in [-0.39, 0.29) is 0 Å². The van der Waals surface area contributed by atoms with E-state index < -0.39 is 5.97 Å². The maximum Gasteiger partial charge on any atom is 0.335 e. The molecule has 0 saturated carbocycles. The molecule has 1 aliphatic rings. The van der Waals surface area contributed by atoms with Crippen molar-refractivity contribution in [2.24, 2.45) is 0 Å². The minimum Gasteiger partial charge on any atom is -0.478 e. The Labute approximate surface area is 101 Å². The van der Waals surface area contributed by atoms with Gasteiger partial charge in [0.2, 0.25) is 0 Å². The predicted molar refractivity (Wildman–Crippen MR) is 64.4 cm³/mol. The second-order valence-electron chi connectivity index (χ2n) is 4.17. The van der Waals surface area contributed by atoms with Crippen molar-refractivity contribution in [1.82, 2.24) is 4.90 Å². The van der Waals surface area contributed by atoms with E-state index in [0.29, 0.717) is 5.56 Å². The number of rotatable bonds is 4. The quantitative estimate of drug-likeness (QED) is 0.853. The topological polar surface area (TPSA) is 49.8 Å². The third-order valence-electron chi connectivity index (χ3n) is 3.05. The van der Waals surface area contributed by atoms with Crippen LogP contribution in [0.25, 0.3) is 0 Å². The summed E-state index contributed by atoms with van der Waals surface area (Å²) >= 11 is 0. The predicted octanol–water partition coefficient (Wildman–Crippen LogP) is 1.26. The van der Waals surface area contributed by atoms with Gasteiger partial charge < -0.3 is 9.84 Å². The molecule has 0 aromatic heterocycles. The largest absolute Gasteiger partial charge is 0.478 e. The number of benzene rings is 1. The standard InChI is InChI=1S/C13H17NO3/c15-13(16)12-4-2-1-3-11(12)5-6-14-7-9-17-10-8-14/h1-4H,5-10H2,(H,15,16).